The van der Waals surface area contributed by atoms with E-state index in [1.807, 2.05) is 39.0 Å². The van der Waals surface area contributed by atoms with Crippen molar-refractivity contribution in [3.05, 3.63) is 52.6 Å². The Bertz CT molecular complexity index is 1120. The highest BCUT2D eigenvalue weighted by molar-refractivity contribution is 5.94. The lowest BCUT2D eigenvalue weighted by Gasteiger charge is -2.31. The maximum Gasteiger partial charge on any atom is 0.335 e. The van der Waals surface area contributed by atoms with Crippen LogP contribution in [0.15, 0.2) is 30.3 Å². The quantitative estimate of drug-likeness (QED) is 0.344. The number of aromatic carboxylic acids is 1. The first-order chi connectivity index (χ1) is 18.0. The Kier molecular flexibility index (Phi) is 11.8. The van der Waals surface area contributed by atoms with Crippen molar-refractivity contribution in [3.8, 4) is 5.75 Å². The molecule has 2 amide bonds. The Balaban J connectivity index is 0.000000281. The number of amides is 2. The fourth-order valence-electron chi connectivity index (χ4n) is 5.14. The summed E-state index contributed by atoms with van der Waals surface area (Å²) in [6.45, 7) is 11.8. The number of hydrogen-bond acceptors (Lipinski definition) is 4. The minimum atomic E-state index is -0.989. The van der Waals surface area contributed by atoms with Crippen LogP contribution in [0.5, 0.6) is 5.75 Å². The van der Waals surface area contributed by atoms with Crippen LogP contribution < -0.4 is 15.4 Å². The maximum absolute atomic E-state index is 12.4. The van der Waals surface area contributed by atoms with E-state index in [4.69, 9.17) is 9.84 Å². The van der Waals surface area contributed by atoms with Crippen LogP contribution in [0.4, 0.5) is 11.4 Å². The molecule has 7 heteroatoms. The number of ether oxygens (including phenoxy) is 1. The van der Waals surface area contributed by atoms with E-state index in [1.54, 1.807) is 13.2 Å². The molecular weight excluding hydrogens is 480 g/mol. The third-order valence-corrected chi connectivity index (χ3v) is 7.65. The number of anilines is 2. The summed E-state index contributed by atoms with van der Waals surface area (Å²) in [7, 11) is 1.66. The van der Waals surface area contributed by atoms with Crippen LogP contribution in [0.3, 0.4) is 0 Å². The number of nitrogens with one attached hydrogen (secondary N) is 2. The second kappa shape index (κ2) is 14.6. The van der Waals surface area contributed by atoms with Crippen molar-refractivity contribution in [2.45, 2.75) is 80.1 Å². The molecule has 1 aliphatic carbocycles. The third-order valence-electron chi connectivity index (χ3n) is 7.65. The van der Waals surface area contributed by atoms with Crippen LogP contribution in [-0.4, -0.2) is 30.0 Å². The summed E-state index contributed by atoms with van der Waals surface area (Å²) < 4.78 is 5.31. The molecule has 38 heavy (non-hydrogen) atoms. The molecule has 1 fully saturated rings. The standard InChI is InChI=1S/C19H29NO2.C12H15NO3/c1-5-13(2)15-7-9-16(10-8-15)19(21)20-17-11-6-14(3)18(12-17)22-4;1-4-10-7(2)5-9(12(15)16)6-11(10)13-8(3)14/h6,11-13,15-16H,5,7-10H2,1-4H3,(H,20,21);5-6H,4H2,1-3H3,(H,13,14)(H,15,16). The Hall–Kier alpha value is -3.35. The molecule has 2 aromatic rings. The summed E-state index contributed by atoms with van der Waals surface area (Å²) in [5.41, 5.74) is 4.54. The highest BCUT2D eigenvalue weighted by Crippen LogP contribution is 2.35. The van der Waals surface area contributed by atoms with E-state index in [9.17, 15) is 14.4 Å². The zero-order chi connectivity index (χ0) is 28.4. The van der Waals surface area contributed by atoms with Crippen LogP contribution in [-0.2, 0) is 16.0 Å². The van der Waals surface area contributed by atoms with Gasteiger partial charge in [-0.05, 0) is 92.7 Å². The van der Waals surface area contributed by atoms with Gasteiger partial charge in [-0.2, -0.15) is 0 Å². The molecule has 0 saturated heterocycles. The number of carboxylic acid groups (broad SMARTS) is 1. The molecule has 2 aromatic carbocycles. The van der Waals surface area contributed by atoms with Gasteiger partial charge in [0, 0.05) is 30.3 Å². The Labute approximate surface area is 227 Å². The van der Waals surface area contributed by atoms with E-state index in [2.05, 4.69) is 24.5 Å². The minimum absolute atomic E-state index is 0.160. The van der Waals surface area contributed by atoms with Crippen LogP contribution in [0.2, 0.25) is 0 Å². The zero-order valence-corrected chi connectivity index (χ0v) is 23.9. The van der Waals surface area contributed by atoms with Crippen molar-refractivity contribution in [3.63, 3.8) is 0 Å². The number of benzene rings is 2. The first kappa shape index (κ1) is 30.9. The van der Waals surface area contributed by atoms with E-state index >= 15 is 0 Å². The molecule has 0 spiro atoms. The monoisotopic (exact) mass is 524 g/mol. The lowest BCUT2D eigenvalue weighted by Crippen LogP contribution is -2.28. The van der Waals surface area contributed by atoms with Crippen molar-refractivity contribution in [2.75, 3.05) is 17.7 Å². The highest BCUT2D eigenvalue weighted by atomic mass is 16.5. The highest BCUT2D eigenvalue weighted by Gasteiger charge is 2.28. The summed E-state index contributed by atoms with van der Waals surface area (Å²) in [6, 6.07) is 8.94. The fourth-order valence-corrected chi connectivity index (χ4v) is 5.14. The smallest absolute Gasteiger partial charge is 0.335 e. The van der Waals surface area contributed by atoms with Gasteiger partial charge in [-0.3, -0.25) is 9.59 Å². The van der Waals surface area contributed by atoms with Crippen LogP contribution in [0, 0.1) is 31.6 Å². The van der Waals surface area contributed by atoms with Gasteiger partial charge in [0.15, 0.2) is 0 Å². The molecule has 1 unspecified atom stereocenters. The van der Waals surface area contributed by atoms with Crippen molar-refractivity contribution >= 4 is 29.2 Å². The molecule has 0 aliphatic heterocycles. The molecular formula is C31H44N2O5. The van der Waals surface area contributed by atoms with Gasteiger partial charge >= 0.3 is 5.97 Å². The SMILES string of the molecule is CCC(C)C1CCC(C(=O)Nc2ccc(C)c(OC)c2)CC1.CCc1c(C)cc(C(=O)O)cc1NC(C)=O. The molecule has 0 aromatic heterocycles. The summed E-state index contributed by atoms with van der Waals surface area (Å²) in [5.74, 6) is 1.53. The molecule has 3 N–H and O–H groups in total. The van der Waals surface area contributed by atoms with Gasteiger partial charge in [0.05, 0.1) is 12.7 Å². The number of methoxy groups -OCH3 is 1. The fraction of sp³-hybridized carbons (Fsp3) is 0.516. The molecule has 208 valence electrons. The average Bonchev–Trinajstić information content (AvgIpc) is 2.89. The second-order valence-corrected chi connectivity index (χ2v) is 10.3. The van der Waals surface area contributed by atoms with E-state index in [0.717, 1.165) is 59.2 Å². The van der Waals surface area contributed by atoms with Crippen LogP contribution in [0.1, 0.15) is 86.8 Å². The number of aryl methyl sites for hydroxylation is 2. The predicted molar refractivity (Wildman–Crippen MR) is 153 cm³/mol. The number of hydrogen-bond donors (Lipinski definition) is 3. The van der Waals surface area contributed by atoms with Gasteiger partial charge in [0.25, 0.3) is 0 Å². The molecule has 7 nitrogen and oxygen atoms in total. The number of carboxylic acids is 1. The number of rotatable bonds is 8. The summed E-state index contributed by atoms with van der Waals surface area (Å²) in [6.07, 6.45) is 6.40. The zero-order valence-electron chi connectivity index (χ0n) is 23.9. The van der Waals surface area contributed by atoms with Gasteiger partial charge in [-0.15, -0.1) is 0 Å². The molecule has 0 radical (unpaired) electrons. The molecule has 3 rings (SSSR count). The van der Waals surface area contributed by atoms with Gasteiger partial charge in [-0.1, -0.05) is 33.3 Å². The summed E-state index contributed by atoms with van der Waals surface area (Å²) >= 11 is 0. The minimum Gasteiger partial charge on any atom is -0.496 e. The van der Waals surface area contributed by atoms with E-state index < -0.39 is 5.97 Å². The number of carbonyl (C=O) groups is 3. The first-order valence-corrected chi connectivity index (χ1v) is 13.6. The average molecular weight is 525 g/mol. The lowest BCUT2D eigenvalue weighted by atomic mass is 9.75. The molecule has 1 atom stereocenters. The van der Waals surface area contributed by atoms with Crippen LogP contribution in [0.25, 0.3) is 0 Å². The second-order valence-electron chi connectivity index (χ2n) is 10.3. The summed E-state index contributed by atoms with van der Waals surface area (Å²) in [4.78, 5) is 34.3. The molecule has 1 aliphatic rings. The normalized spacial score (nSPS) is 17.4. The van der Waals surface area contributed by atoms with Crippen molar-refractivity contribution < 1.29 is 24.2 Å². The van der Waals surface area contributed by atoms with Gasteiger partial charge < -0.3 is 20.5 Å². The van der Waals surface area contributed by atoms with Gasteiger partial charge in [-0.25, -0.2) is 4.79 Å². The predicted octanol–water partition coefficient (Wildman–Crippen LogP) is 7.01. The topological polar surface area (TPSA) is 105 Å². The summed E-state index contributed by atoms with van der Waals surface area (Å²) in [5, 5.41) is 14.6. The first-order valence-electron chi connectivity index (χ1n) is 13.6. The van der Waals surface area contributed by atoms with E-state index in [-0.39, 0.29) is 23.3 Å². The third kappa shape index (κ3) is 8.61. The molecule has 1 saturated carbocycles. The van der Waals surface area contributed by atoms with E-state index in [1.165, 1.54) is 32.3 Å². The molecule has 0 heterocycles. The Morgan fingerprint density at radius 2 is 1.66 bits per heavy atom. The molecule has 0 bridgehead atoms. The largest absolute Gasteiger partial charge is 0.496 e. The Morgan fingerprint density at radius 3 is 2.18 bits per heavy atom. The van der Waals surface area contributed by atoms with Crippen LogP contribution >= 0.6 is 0 Å². The van der Waals surface area contributed by atoms with E-state index in [0.29, 0.717) is 5.69 Å². The van der Waals surface area contributed by atoms with Crippen molar-refractivity contribution in [1.29, 1.82) is 0 Å². The van der Waals surface area contributed by atoms with Gasteiger partial charge in [0.1, 0.15) is 5.75 Å². The van der Waals surface area contributed by atoms with Crippen molar-refractivity contribution in [2.24, 2.45) is 17.8 Å². The lowest BCUT2D eigenvalue weighted by molar-refractivity contribution is -0.121. The van der Waals surface area contributed by atoms with Gasteiger partial charge in [0.2, 0.25) is 11.8 Å². The van der Waals surface area contributed by atoms with Crippen molar-refractivity contribution in [1.82, 2.24) is 0 Å². The number of carbonyl (C=O) groups excluding carboxylic acids is 2. The maximum atomic E-state index is 12.4. The Morgan fingerprint density at radius 1 is 1.00 bits per heavy atom.